The van der Waals surface area contributed by atoms with Gasteiger partial charge in [0.15, 0.2) is 10.3 Å². The van der Waals surface area contributed by atoms with E-state index in [0.29, 0.717) is 5.16 Å². The molecule has 0 fully saturated rings. The smallest absolute Gasteiger partial charge is 0.234 e. The van der Waals surface area contributed by atoms with Gasteiger partial charge in [0.1, 0.15) is 12.1 Å². The number of rotatable bonds is 8. The van der Waals surface area contributed by atoms with E-state index in [0.717, 1.165) is 27.2 Å². The van der Waals surface area contributed by atoms with E-state index in [1.54, 1.807) is 31.4 Å². The van der Waals surface area contributed by atoms with Gasteiger partial charge in [-0.3, -0.25) is 9.36 Å². The van der Waals surface area contributed by atoms with Gasteiger partial charge >= 0.3 is 0 Å². The Balaban J connectivity index is 1.32. The van der Waals surface area contributed by atoms with Crippen molar-refractivity contribution >= 4 is 35.1 Å². The average molecular weight is 453 g/mol. The van der Waals surface area contributed by atoms with E-state index in [-0.39, 0.29) is 11.7 Å². The van der Waals surface area contributed by atoms with Crippen LogP contribution in [0.1, 0.15) is 0 Å². The monoisotopic (exact) mass is 452 g/mol. The van der Waals surface area contributed by atoms with Crippen LogP contribution in [0.5, 0.6) is 5.75 Å². The first-order valence-electron chi connectivity index (χ1n) is 9.35. The van der Waals surface area contributed by atoms with Crippen LogP contribution in [0.3, 0.4) is 0 Å². The number of nitrogens with zero attached hydrogens (tertiary/aromatic N) is 5. The lowest BCUT2D eigenvalue weighted by atomic mass is 10.3. The van der Waals surface area contributed by atoms with Crippen molar-refractivity contribution in [3.05, 3.63) is 67.3 Å². The first-order valence-corrected chi connectivity index (χ1v) is 11.1. The van der Waals surface area contributed by atoms with Gasteiger partial charge in [-0.25, -0.2) is 4.98 Å². The van der Waals surface area contributed by atoms with Gasteiger partial charge in [-0.15, -0.1) is 10.2 Å². The molecule has 0 aliphatic rings. The maximum atomic E-state index is 12.4. The number of methoxy groups -OCH3 is 1. The summed E-state index contributed by atoms with van der Waals surface area (Å²) in [5.74, 6) is 0.882. The lowest BCUT2D eigenvalue weighted by Crippen LogP contribution is -2.14. The van der Waals surface area contributed by atoms with Crippen LogP contribution < -0.4 is 10.1 Å². The highest BCUT2D eigenvalue weighted by Gasteiger charge is 2.11. The first kappa shape index (κ1) is 21.0. The van der Waals surface area contributed by atoms with Crippen molar-refractivity contribution < 1.29 is 9.53 Å². The van der Waals surface area contributed by atoms with Crippen molar-refractivity contribution in [3.8, 4) is 11.4 Å². The number of hydrogen-bond acceptors (Lipinski definition) is 7. The predicted molar refractivity (Wildman–Crippen MR) is 121 cm³/mol. The summed E-state index contributed by atoms with van der Waals surface area (Å²) >= 11 is 2.89. The molecule has 0 bridgehead atoms. The van der Waals surface area contributed by atoms with Crippen molar-refractivity contribution in [2.24, 2.45) is 7.05 Å². The van der Waals surface area contributed by atoms with Gasteiger partial charge in [-0.05, 0) is 48.5 Å². The number of amides is 1. The molecule has 4 rings (SSSR count). The van der Waals surface area contributed by atoms with Crippen LogP contribution in [-0.4, -0.2) is 43.1 Å². The molecule has 158 valence electrons. The van der Waals surface area contributed by atoms with Gasteiger partial charge in [0.05, 0.1) is 12.9 Å². The summed E-state index contributed by atoms with van der Waals surface area (Å²) in [5, 5.41) is 12.6. The Labute approximate surface area is 188 Å². The highest BCUT2D eigenvalue weighted by atomic mass is 32.2. The summed E-state index contributed by atoms with van der Waals surface area (Å²) in [6.45, 7) is 0. The molecule has 1 amide bonds. The second-order valence-corrected chi connectivity index (χ2v) is 8.45. The lowest BCUT2D eigenvalue weighted by molar-refractivity contribution is -0.113. The van der Waals surface area contributed by atoms with Crippen LogP contribution >= 0.6 is 23.5 Å². The molecule has 0 aliphatic heterocycles. The summed E-state index contributed by atoms with van der Waals surface area (Å²) in [5.41, 5.74) is 1.64. The predicted octanol–water partition coefficient (Wildman–Crippen LogP) is 3.89. The number of anilines is 1. The fourth-order valence-electron chi connectivity index (χ4n) is 2.73. The molecule has 10 heteroatoms. The molecule has 0 saturated carbocycles. The Kier molecular flexibility index (Phi) is 6.58. The SMILES string of the molecule is COc1ccc(-n2cnnc2SCC(=O)Nc2ccc(Sc3nccn3C)cc2)cc1. The van der Waals surface area contributed by atoms with Crippen molar-refractivity contribution in [2.45, 2.75) is 15.2 Å². The van der Waals surface area contributed by atoms with Crippen molar-refractivity contribution in [1.82, 2.24) is 24.3 Å². The van der Waals surface area contributed by atoms with Crippen LogP contribution in [0.15, 0.2) is 82.5 Å². The molecule has 1 N–H and O–H groups in total. The fraction of sp³-hybridized carbons (Fsp3) is 0.143. The topological polar surface area (TPSA) is 86.9 Å². The van der Waals surface area contributed by atoms with Gasteiger partial charge in [-0.1, -0.05) is 23.5 Å². The number of carbonyl (C=O) groups is 1. The second-order valence-electron chi connectivity index (χ2n) is 6.47. The molecule has 0 atom stereocenters. The summed E-state index contributed by atoms with van der Waals surface area (Å²) in [6.07, 6.45) is 5.30. The zero-order valence-electron chi connectivity index (χ0n) is 16.9. The van der Waals surface area contributed by atoms with E-state index < -0.39 is 0 Å². The Hall–Kier alpha value is -3.24. The lowest BCUT2D eigenvalue weighted by Gasteiger charge is -2.08. The minimum absolute atomic E-state index is 0.112. The molecule has 2 heterocycles. The molecule has 0 radical (unpaired) electrons. The Morgan fingerprint density at radius 1 is 1.10 bits per heavy atom. The van der Waals surface area contributed by atoms with Gasteiger partial charge in [0.2, 0.25) is 5.91 Å². The molecule has 0 spiro atoms. The zero-order valence-corrected chi connectivity index (χ0v) is 18.6. The number of hydrogen-bond donors (Lipinski definition) is 1. The fourth-order valence-corrected chi connectivity index (χ4v) is 4.26. The highest BCUT2D eigenvalue weighted by Crippen LogP contribution is 2.27. The summed E-state index contributed by atoms with van der Waals surface area (Å²) in [4.78, 5) is 17.8. The van der Waals surface area contributed by atoms with E-state index >= 15 is 0 Å². The van der Waals surface area contributed by atoms with Crippen LogP contribution in [0.25, 0.3) is 5.69 Å². The zero-order chi connectivity index (χ0) is 21.6. The number of thioether (sulfide) groups is 1. The molecular formula is C21H20N6O2S2. The minimum Gasteiger partial charge on any atom is -0.497 e. The number of nitrogens with one attached hydrogen (secondary N) is 1. The normalized spacial score (nSPS) is 10.8. The maximum absolute atomic E-state index is 12.4. The first-order chi connectivity index (χ1) is 15.1. The molecular weight excluding hydrogens is 432 g/mol. The summed E-state index contributed by atoms with van der Waals surface area (Å²) < 4.78 is 8.98. The highest BCUT2D eigenvalue weighted by molar-refractivity contribution is 7.99. The average Bonchev–Trinajstić information content (AvgIpc) is 3.43. The van der Waals surface area contributed by atoms with E-state index in [4.69, 9.17) is 4.74 Å². The van der Waals surface area contributed by atoms with Crippen LogP contribution in [-0.2, 0) is 11.8 Å². The van der Waals surface area contributed by atoms with E-state index in [1.807, 2.05) is 70.9 Å². The molecule has 2 aromatic carbocycles. The summed E-state index contributed by atoms with van der Waals surface area (Å²) in [7, 11) is 3.58. The third-order valence-electron chi connectivity index (χ3n) is 4.32. The summed E-state index contributed by atoms with van der Waals surface area (Å²) in [6, 6.07) is 15.2. The Morgan fingerprint density at radius 2 is 1.87 bits per heavy atom. The van der Waals surface area contributed by atoms with Gasteiger partial charge < -0.3 is 14.6 Å². The van der Waals surface area contributed by atoms with Crippen molar-refractivity contribution in [1.29, 1.82) is 0 Å². The van der Waals surface area contributed by atoms with Crippen LogP contribution in [0.2, 0.25) is 0 Å². The number of aryl methyl sites for hydroxylation is 1. The van der Waals surface area contributed by atoms with E-state index in [1.165, 1.54) is 11.8 Å². The third kappa shape index (κ3) is 5.28. The largest absolute Gasteiger partial charge is 0.497 e. The molecule has 8 nitrogen and oxygen atoms in total. The number of ether oxygens (including phenoxy) is 1. The molecule has 4 aromatic rings. The van der Waals surface area contributed by atoms with Crippen molar-refractivity contribution in [3.63, 3.8) is 0 Å². The number of imidazole rings is 1. The molecule has 31 heavy (non-hydrogen) atoms. The quantitative estimate of drug-likeness (QED) is 0.406. The van der Waals surface area contributed by atoms with Gasteiger partial charge in [0.25, 0.3) is 0 Å². The van der Waals surface area contributed by atoms with Crippen LogP contribution in [0.4, 0.5) is 5.69 Å². The molecule has 2 aromatic heterocycles. The second kappa shape index (κ2) is 9.71. The number of aromatic nitrogens is 5. The molecule has 0 aliphatic carbocycles. The van der Waals surface area contributed by atoms with Gasteiger partial charge in [-0.2, -0.15) is 0 Å². The van der Waals surface area contributed by atoms with Crippen molar-refractivity contribution in [2.75, 3.05) is 18.2 Å². The minimum atomic E-state index is -0.112. The Morgan fingerprint density at radius 3 is 2.55 bits per heavy atom. The maximum Gasteiger partial charge on any atom is 0.234 e. The molecule has 0 saturated heterocycles. The van der Waals surface area contributed by atoms with E-state index in [2.05, 4.69) is 20.5 Å². The van der Waals surface area contributed by atoms with E-state index in [9.17, 15) is 4.79 Å². The third-order valence-corrected chi connectivity index (χ3v) is 6.35. The van der Waals surface area contributed by atoms with Gasteiger partial charge in [0, 0.05) is 35.7 Å². The number of carbonyl (C=O) groups excluding carboxylic acids is 1. The van der Waals surface area contributed by atoms with Crippen LogP contribution in [0, 0.1) is 0 Å². The number of benzene rings is 2. The standard InChI is InChI=1S/C21H20N6O2S2/c1-26-12-11-22-20(26)31-18-9-3-15(4-10-18)24-19(28)13-30-21-25-23-14-27(21)16-5-7-17(29-2)8-6-16/h3-12,14H,13H2,1-2H3,(H,24,28). The molecule has 0 unspecified atom stereocenters. The Bertz CT molecular complexity index is 1160.